The highest BCUT2D eigenvalue weighted by Gasteiger charge is 2.17. The molecule has 1 aromatic carbocycles. The molecule has 1 aromatic heterocycles. The quantitative estimate of drug-likeness (QED) is 0.903. The summed E-state index contributed by atoms with van der Waals surface area (Å²) in [5.41, 5.74) is 8.05. The van der Waals surface area contributed by atoms with Gasteiger partial charge < -0.3 is 19.6 Å². The van der Waals surface area contributed by atoms with Gasteiger partial charge in [-0.3, -0.25) is 0 Å². The van der Waals surface area contributed by atoms with Gasteiger partial charge in [0.25, 0.3) is 6.01 Å². The molecule has 0 aliphatic heterocycles. The lowest BCUT2D eigenvalue weighted by Gasteiger charge is -2.11. The number of rotatable bonds is 3. The van der Waals surface area contributed by atoms with Crippen molar-refractivity contribution in [3.63, 3.8) is 0 Å². The lowest BCUT2D eigenvalue weighted by Crippen LogP contribution is -1.93. The number of oxazole rings is 1. The molecule has 0 saturated carbocycles. The van der Waals surface area contributed by atoms with Crippen LogP contribution in [0.3, 0.4) is 0 Å². The van der Waals surface area contributed by atoms with Crippen molar-refractivity contribution in [3.8, 4) is 22.8 Å². The molecule has 0 spiro atoms. The second kappa shape index (κ2) is 4.60. The first kappa shape index (κ1) is 12.3. The van der Waals surface area contributed by atoms with E-state index < -0.39 is 0 Å². The fourth-order valence-corrected chi connectivity index (χ4v) is 1.89. The van der Waals surface area contributed by atoms with Gasteiger partial charge in [-0.1, -0.05) is 0 Å². The van der Waals surface area contributed by atoms with Crippen molar-refractivity contribution in [2.75, 3.05) is 20.0 Å². The highest BCUT2D eigenvalue weighted by Crippen LogP contribution is 2.37. The van der Waals surface area contributed by atoms with Gasteiger partial charge >= 0.3 is 0 Å². The molecule has 0 radical (unpaired) electrons. The molecule has 0 unspecified atom stereocenters. The number of hydrogen-bond donors (Lipinski definition) is 1. The SMILES string of the molecule is COc1cc(-c2oc(N)nc2C)c(OC)cc1C. The van der Waals surface area contributed by atoms with E-state index in [0.29, 0.717) is 11.5 Å². The zero-order valence-corrected chi connectivity index (χ0v) is 10.9. The standard InChI is InChI=1S/C13H16N2O3/c1-7-5-11(17-4)9(6-10(7)16-3)12-8(2)15-13(14)18-12/h5-6H,1-4H3,(H2,14,15). The minimum Gasteiger partial charge on any atom is -0.496 e. The Hall–Kier alpha value is -2.17. The van der Waals surface area contributed by atoms with Crippen LogP contribution in [0.2, 0.25) is 0 Å². The number of benzene rings is 1. The van der Waals surface area contributed by atoms with Crippen LogP contribution in [0.5, 0.6) is 11.5 Å². The lowest BCUT2D eigenvalue weighted by atomic mass is 10.1. The van der Waals surface area contributed by atoms with Crippen LogP contribution in [-0.2, 0) is 0 Å². The number of nitrogens with zero attached hydrogens (tertiary/aromatic N) is 1. The van der Waals surface area contributed by atoms with Crippen LogP contribution in [0.25, 0.3) is 11.3 Å². The Morgan fingerprint density at radius 1 is 1.11 bits per heavy atom. The normalized spacial score (nSPS) is 10.4. The third-order valence-electron chi connectivity index (χ3n) is 2.77. The minimum absolute atomic E-state index is 0.143. The van der Waals surface area contributed by atoms with Crippen molar-refractivity contribution in [2.24, 2.45) is 0 Å². The number of aryl methyl sites for hydroxylation is 2. The summed E-state index contributed by atoms with van der Waals surface area (Å²) in [7, 11) is 3.24. The molecule has 0 aliphatic carbocycles. The van der Waals surface area contributed by atoms with Gasteiger partial charge in [-0.25, -0.2) is 0 Å². The monoisotopic (exact) mass is 248 g/mol. The highest BCUT2D eigenvalue weighted by molar-refractivity contribution is 5.71. The molecule has 5 heteroatoms. The van der Waals surface area contributed by atoms with E-state index in [2.05, 4.69) is 4.98 Å². The minimum atomic E-state index is 0.143. The molecule has 18 heavy (non-hydrogen) atoms. The van der Waals surface area contributed by atoms with Crippen molar-refractivity contribution in [1.29, 1.82) is 0 Å². The summed E-state index contributed by atoms with van der Waals surface area (Å²) in [6.07, 6.45) is 0. The predicted octanol–water partition coefficient (Wildman–Crippen LogP) is 2.56. The average Bonchev–Trinajstić information content (AvgIpc) is 2.68. The van der Waals surface area contributed by atoms with E-state index in [1.54, 1.807) is 14.2 Å². The van der Waals surface area contributed by atoms with E-state index in [0.717, 1.165) is 22.6 Å². The maximum atomic E-state index is 5.56. The number of ether oxygens (including phenoxy) is 2. The molecule has 0 atom stereocenters. The maximum Gasteiger partial charge on any atom is 0.292 e. The summed E-state index contributed by atoms with van der Waals surface area (Å²) in [4.78, 5) is 4.06. The summed E-state index contributed by atoms with van der Waals surface area (Å²) in [6, 6.07) is 3.90. The third-order valence-corrected chi connectivity index (χ3v) is 2.77. The molecule has 1 heterocycles. The molecule has 0 saturated heterocycles. The summed E-state index contributed by atoms with van der Waals surface area (Å²) in [5.74, 6) is 2.07. The van der Waals surface area contributed by atoms with E-state index in [9.17, 15) is 0 Å². The van der Waals surface area contributed by atoms with E-state index in [1.165, 1.54) is 0 Å². The second-order valence-corrected chi connectivity index (χ2v) is 3.99. The Morgan fingerprint density at radius 2 is 1.78 bits per heavy atom. The molecule has 96 valence electrons. The van der Waals surface area contributed by atoms with Gasteiger partial charge in [0.2, 0.25) is 0 Å². The number of hydrogen-bond acceptors (Lipinski definition) is 5. The molecule has 5 nitrogen and oxygen atoms in total. The van der Waals surface area contributed by atoms with E-state index >= 15 is 0 Å². The van der Waals surface area contributed by atoms with Gasteiger partial charge in [0.1, 0.15) is 11.5 Å². The smallest absolute Gasteiger partial charge is 0.292 e. The summed E-state index contributed by atoms with van der Waals surface area (Å²) in [5, 5.41) is 0. The number of nitrogen functional groups attached to an aromatic ring is 1. The van der Waals surface area contributed by atoms with Crippen molar-refractivity contribution in [3.05, 3.63) is 23.4 Å². The predicted molar refractivity (Wildman–Crippen MR) is 68.9 cm³/mol. The van der Waals surface area contributed by atoms with Gasteiger partial charge in [0.15, 0.2) is 5.76 Å². The number of methoxy groups -OCH3 is 2. The average molecular weight is 248 g/mol. The van der Waals surface area contributed by atoms with Gasteiger partial charge in [-0.05, 0) is 31.5 Å². The zero-order chi connectivity index (χ0) is 13.3. The molecule has 0 fully saturated rings. The molecule has 2 rings (SSSR count). The molecule has 2 aromatic rings. The highest BCUT2D eigenvalue weighted by atomic mass is 16.5. The molecule has 0 amide bonds. The summed E-state index contributed by atoms with van der Waals surface area (Å²) in [6.45, 7) is 3.79. The number of nitrogens with two attached hydrogens (primary N) is 1. The molecular weight excluding hydrogens is 232 g/mol. The first-order valence-corrected chi connectivity index (χ1v) is 5.52. The second-order valence-electron chi connectivity index (χ2n) is 3.99. The molecule has 0 aliphatic rings. The first-order chi connectivity index (χ1) is 8.56. The topological polar surface area (TPSA) is 70.5 Å². The van der Waals surface area contributed by atoms with Crippen LogP contribution in [0.15, 0.2) is 16.5 Å². The van der Waals surface area contributed by atoms with Gasteiger partial charge in [0, 0.05) is 0 Å². The van der Waals surface area contributed by atoms with Crippen molar-refractivity contribution >= 4 is 6.01 Å². The van der Waals surface area contributed by atoms with Gasteiger partial charge in [0.05, 0.1) is 25.5 Å². The summed E-state index contributed by atoms with van der Waals surface area (Å²) < 4.78 is 16.1. The molecular formula is C13H16N2O3. The maximum absolute atomic E-state index is 5.56. The van der Waals surface area contributed by atoms with Crippen LogP contribution in [0.1, 0.15) is 11.3 Å². The van der Waals surface area contributed by atoms with E-state index in [1.807, 2.05) is 26.0 Å². The van der Waals surface area contributed by atoms with Crippen LogP contribution in [-0.4, -0.2) is 19.2 Å². The molecule has 0 bridgehead atoms. The Kier molecular flexibility index (Phi) is 3.14. The van der Waals surface area contributed by atoms with Crippen LogP contribution < -0.4 is 15.2 Å². The summed E-state index contributed by atoms with van der Waals surface area (Å²) >= 11 is 0. The van der Waals surface area contributed by atoms with Crippen molar-refractivity contribution < 1.29 is 13.9 Å². The van der Waals surface area contributed by atoms with Crippen LogP contribution >= 0.6 is 0 Å². The van der Waals surface area contributed by atoms with Crippen molar-refractivity contribution in [2.45, 2.75) is 13.8 Å². The largest absolute Gasteiger partial charge is 0.496 e. The Bertz CT molecular complexity index is 576. The lowest BCUT2D eigenvalue weighted by molar-refractivity contribution is 0.400. The van der Waals surface area contributed by atoms with Crippen LogP contribution in [0, 0.1) is 13.8 Å². The Labute approximate surface area is 106 Å². The number of aromatic nitrogens is 1. The van der Waals surface area contributed by atoms with E-state index in [4.69, 9.17) is 19.6 Å². The fourth-order valence-electron chi connectivity index (χ4n) is 1.89. The Balaban J connectivity index is 2.65. The van der Waals surface area contributed by atoms with Gasteiger partial charge in [-0.15, -0.1) is 0 Å². The Morgan fingerprint density at radius 3 is 2.28 bits per heavy atom. The van der Waals surface area contributed by atoms with Gasteiger partial charge in [-0.2, -0.15) is 4.98 Å². The molecule has 2 N–H and O–H groups in total. The third kappa shape index (κ3) is 1.99. The zero-order valence-electron chi connectivity index (χ0n) is 10.9. The first-order valence-electron chi connectivity index (χ1n) is 5.52. The van der Waals surface area contributed by atoms with E-state index in [-0.39, 0.29) is 6.01 Å². The number of anilines is 1. The van der Waals surface area contributed by atoms with Crippen molar-refractivity contribution in [1.82, 2.24) is 4.98 Å². The fraction of sp³-hybridized carbons (Fsp3) is 0.308. The van der Waals surface area contributed by atoms with Crippen LogP contribution in [0.4, 0.5) is 6.01 Å².